The van der Waals surface area contributed by atoms with Gasteiger partial charge in [0.15, 0.2) is 0 Å². The van der Waals surface area contributed by atoms with Crippen LogP contribution >= 0.6 is 0 Å². The van der Waals surface area contributed by atoms with E-state index in [1.807, 2.05) is 32.3 Å². The summed E-state index contributed by atoms with van der Waals surface area (Å²) in [6.07, 6.45) is 7.33. The van der Waals surface area contributed by atoms with Crippen molar-refractivity contribution in [1.29, 1.82) is 0 Å². The number of rotatable bonds is 6. The van der Waals surface area contributed by atoms with Crippen LogP contribution in [0.1, 0.15) is 36.8 Å². The molecule has 6 nitrogen and oxygen atoms in total. The molecule has 2 atom stereocenters. The second kappa shape index (κ2) is 7.57. The molecule has 1 fully saturated rings. The van der Waals surface area contributed by atoms with E-state index in [1.54, 1.807) is 6.33 Å². The quantitative estimate of drug-likeness (QED) is 0.848. The molecular formula is C18H25N5O. The summed E-state index contributed by atoms with van der Waals surface area (Å²) < 4.78 is 0. The summed E-state index contributed by atoms with van der Waals surface area (Å²) in [7, 11) is 0. The van der Waals surface area contributed by atoms with Gasteiger partial charge in [0, 0.05) is 37.0 Å². The Morgan fingerprint density at radius 3 is 3.00 bits per heavy atom. The highest BCUT2D eigenvalue weighted by Gasteiger charge is 2.26. The summed E-state index contributed by atoms with van der Waals surface area (Å²) in [6, 6.07) is 4.16. The zero-order valence-corrected chi connectivity index (χ0v) is 14.3. The standard InChI is InChI=1S/C18H25N5O/c1-3-16(11-24)22-17-13(2)18(21-12-20-17)23-8-6-15(10-23)14-5-4-7-19-9-14/h4-5,7,9,12,15-16,24H,3,6,8,10-11H2,1-2H3,(H,20,21,22)/t15-,16-/m1/s1. The van der Waals surface area contributed by atoms with Crippen LogP contribution in [-0.4, -0.2) is 45.8 Å². The molecule has 1 aliphatic heterocycles. The van der Waals surface area contributed by atoms with E-state index < -0.39 is 0 Å². The number of hydrogen-bond donors (Lipinski definition) is 2. The van der Waals surface area contributed by atoms with Gasteiger partial charge in [-0.05, 0) is 31.4 Å². The summed E-state index contributed by atoms with van der Waals surface area (Å²) in [4.78, 5) is 15.4. The normalized spacial score (nSPS) is 18.6. The molecule has 24 heavy (non-hydrogen) atoms. The van der Waals surface area contributed by atoms with Crippen LogP contribution in [0.2, 0.25) is 0 Å². The van der Waals surface area contributed by atoms with Gasteiger partial charge in [-0.2, -0.15) is 0 Å². The highest BCUT2D eigenvalue weighted by Crippen LogP contribution is 2.32. The van der Waals surface area contributed by atoms with Gasteiger partial charge in [0.05, 0.1) is 12.6 Å². The van der Waals surface area contributed by atoms with Crippen LogP contribution in [0.5, 0.6) is 0 Å². The Morgan fingerprint density at radius 1 is 1.42 bits per heavy atom. The molecular weight excluding hydrogens is 302 g/mol. The van der Waals surface area contributed by atoms with Crippen molar-refractivity contribution in [3.8, 4) is 0 Å². The molecule has 0 aliphatic carbocycles. The number of nitrogens with zero attached hydrogens (tertiary/aromatic N) is 4. The Hall–Kier alpha value is -2.21. The number of aliphatic hydroxyl groups is 1. The van der Waals surface area contributed by atoms with Gasteiger partial charge in [-0.1, -0.05) is 13.0 Å². The number of aliphatic hydroxyl groups excluding tert-OH is 1. The largest absolute Gasteiger partial charge is 0.394 e. The molecule has 3 rings (SSSR count). The maximum Gasteiger partial charge on any atom is 0.137 e. The minimum atomic E-state index is 0.0215. The molecule has 0 radical (unpaired) electrons. The molecule has 128 valence electrons. The third-order valence-electron chi connectivity index (χ3n) is 4.76. The summed E-state index contributed by atoms with van der Waals surface area (Å²) in [5.41, 5.74) is 2.33. The van der Waals surface area contributed by atoms with Crippen LogP contribution in [0.15, 0.2) is 30.9 Å². The molecule has 1 aliphatic rings. The van der Waals surface area contributed by atoms with E-state index in [0.29, 0.717) is 5.92 Å². The molecule has 0 bridgehead atoms. The molecule has 0 unspecified atom stereocenters. The zero-order chi connectivity index (χ0) is 16.9. The predicted molar refractivity (Wildman–Crippen MR) is 95.4 cm³/mol. The minimum absolute atomic E-state index is 0.0215. The van der Waals surface area contributed by atoms with E-state index in [0.717, 1.165) is 43.1 Å². The summed E-state index contributed by atoms with van der Waals surface area (Å²) >= 11 is 0. The average Bonchev–Trinajstić information content (AvgIpc) is 3.11. The van der Waals surface area contributed by atoms with Crippen molar-refractivity contribution in [2.45, 2.75) is 38.6 Å². The van der Waals surface area contributed by atoms with Crippen molar-refractivity contribution in [3.63, 3.8) is 0 Å². The predicted octanol–water partition coefficient (Wildman–Crippen LogP) is 2.36. The smallest absolute Gasteiger partial charge is 0.137 e. The molecule has 2 aromatic rings. The van der Waals surface area contributed by atoms with E-state index in [1.165, 1.54) is 5.56 Å². The van der Waals surface area contributed by atoms with Crippen molar-refractivity contribution < 1.29 is 5.11 Å². The zero-order valence-electron chi connectivity index (χ0n) is 14.3. The van der Waals surface area contributed by atoms with Gasteiger partial charge in [-0.3, -0.25) is 4.98 Å². The van der Waals surface area contributed by atoms with E-state index in [9.17, 15) is 5.11 Å². The van der Waals surface area contributed by atoms with Crippen LogP contribution in [0.25, 0.3) is 0 Å². The molecule has 0 spiro atoms. The first kappa shape index (κ1) is 16.6. The lowest BCUT2D eigenvalue weighted by molar-refractivity contribution is 0.271. The highest BCUT2D eigenvalue weighted by molar-refractivity contribution is 5.59. The third-order valence-corrected chi connectivity index (χ3v) is 4.76. The van der Waals surface area contributed by atoms with Crippen molar-refractivity contribution in [1.82, 2.24) is 15.0 Å². The van der Waals surface area contributed by atoms with Crippen LogP contribution in [0, 0.1) is 6.92 Å². The number of pyridine rings is 1. The van der Waals surface area contributed by atoms with Crippen molar-refractivity contribution in [3.05, 3.63) is 42.0 Å². The maximum atomic E-state index is 9.40. The molecule has 0 aromatic carbocycles. The topological polar surface area (TPSA) is 74.2 Å². The lowest BCUT2D eigenvalue weighted by Crippen LogP contribution is -2.26. The SMILES string of the molecule is CC[C@H](CO)Nc1ncnc(N2CC[C@@H](c3cccnc3)C2)c1C. The first-order valence-corrected chi connectivity index (χ1v) is 8.56. The van der Waals surface area contributed by atoms with E-state index in [-0.39, 0.29) is 12.6 Å². The first-order valence-electron chi connectivity index (χ1n) is 8.56. The van der Waals surface area contributed by atoms with Gasteiger partial charge in [0.25, 0.3) is 0 Å². The Labute approximate surface area is 143 Å². The number of aromatic nitrogens is 3. The molecule has 2 aromatic heterocycles. The van der Waals surface area contributed by atoms with Crippen LogP contribution in [0.4, 0.5) is 11.6 Å². The lowest BCUT2D eigenvalue weighted by atomic mass is 10.0. The highest BCUT2D eigenvalue weighted by atomic mass is 16.3. The number of hydrogen-bond acceptors (Lipinski definition) is 6. The maximum absolute atomic E-state index is 9.40. The van der Waals surface area contributed by atoms with Gasteiger partial charge in [-0.15, -0.1) is 0 Å². The molecule has 6 heteroatoms. The van der Waals surface area contributed by atoms with Crippen LogP contribution < -0.4 is 10.2 Å². The van der Waals surface area contributed by atoms with Gasteiger partial charge in [0.2, 0.25) is 0 Å². The average molecular weight is 327 g/mol. The fourth-order valence-electron chi connectivity index (χ4n) is 3.22. The molecule has 0 saturated carbocycles. The van der Waals surface area contributed by atoms with E-state index >= 15 is 0 Å². The second-order valence-electron chi connectivity index (χ2n) is 6.32. The third kappa shape index (κ3) is 3.48. The Balaban J connectivity index is 1.76. The summed E-state index contributed by atoms with van der Waals surface area (Å²) in [6.45, 7) is 6.11. The number of anilines is 2. The summed E-state index contributed by atoms with van der Waals surface area (Å²) in [5, 5.41) is 12.7. The minimum Gasteiger partial charge on any atom is -0.394 e. The second-order valence-corrected chi connectivity index (χ2v) is 6.32. The van der Waals surface area contributed by atoms with Crippen molar-refractivity contribution in [2.75, 3.05) is 29.9 Å². The Bertz CT molecular complexity index is 660. The Morgan fingerprint density at radius 2 is 2.29 bits per heavy atom. The van der Waals surface area contributed by atoms with Gasteiger partial charge in [0.1, 0.15) is 18.0 Å². The van der Waals surface area contributed by atoms with Crippen LogP contribution in [0.3, 0.4) is 0 Å². The fourth-order valence-corrected chi connectivity index (χ4v) is 3.22. The lowest BCUT2D eigenvalue weighted by Gasteiger charge is -2.22. The molecule has 0 amide bonds. The van der Waals surface area contributed by atoms with Gasteiger partial charge in [-0.25, -0.2) is 9.97 Å². The molecule has 1 saturated heterocycles. The van der Waals surface area contributed by atoms with Gasteiger partial charge >= 0.3 is 0 Å². The van der Waals surface area contributed by atoms with Crippen molar-refractivity contribution >= 4 is 11.6 Å². The fraction of sp³-hybridized carbons (Fsp3) is 0.500. The van der Waals surface area contributed by atoms with E-state index in [2.05, 4.69) is 31.2 Å². The number of nitrogens with one attached hydrogen (secondary N) is 1. The Kier molecular flexibility index (Phi) is 5.25. The van der Waals surface area contributed by atoms with Crippen molar-refractivity contribution in [2.24, 2.45) is 0 Å². The first-order chi connectivity index (χ1) is 11.7. The van der Waals surface area contributed by atoms with Gasteiger partial charge < -0.3 is 15.3 Å². The molecule has 3 heterocycles. The van der Waals surface area contributed by atoms with E-state index in [4.69, 9.17) is 0 Å². The van der Waals surface area contributed by atoms with Crippen LogP contribution in [-0.2, 0) is 0 Å². The monoisotopic (exact) mass is 327 g/mol. The molecule has 2 N–H and O–H groups in total. The summed E-state index contributed by atoms with van der Waals surface area (Å²) in [5.74, 6) is 2.28.